The molecule has 0 fully saturated rings. The van der Waals surface area contributed by atoms with Crippen molar-refractivity contribution in [2.24, 2.45) is 11.7 Å². The normalized spacial score (nSPS) is 11.8. The van der Waals surface area contributed by atoms with E-state index in [4.69, 9.17) is 15.2 Å². The Kier molecular flexibility index (Phi) is 6.15. The van der Waals surface area contributed by atoms with E-state index in [0.717, 1.165) is 6.42 Å². The van der Waals surface area contributed by atoms with E-state index in [1.165, 1.54) is 0 Å². The quantitative estimate of drug-likeness (QED) is 0.792. The summed E-state index contributed by atoms with van der Waals surface area (Å²) in [4.78, 5) is 11.8. The van der Waals surface area contributed by atoms with E-state index in [-0.39, 0.29) is 5.91 Å². The maximum absolute atomic E-state index is 11.8. The first-order valence-electron chi connectivity index (χ1n) is 6.32. The highest BCUT2D eigenvalue weighted by molar-refractivity contribution is 5.92. The zero-order chi connectivity index (χ0) is 14.3. The van der Waals surface area contributed by atoms with Gasteiger partial charge >= 0.3 is 0 Å². The van der Waals surface area contributed by atoms with E-state index in [2.05, 4.69) is 5.32 Å². The fourth-order valence-electron chi connectivity index (χ4n) is 1.61. The molecule has 5 heteroatoms. The standard InChI is InChI=1S/C14H22N2O3/c1-10(9-15)4-7-14(17)16-12-6-5-11(18-2)8-13(12)19-3/h5-6,8,10H,4,7,9,15H2,1-3H3,(H,16,17). The first kappa shape index (κ1) is 15.3. The number of nitrogens with one attached hydrogen (secondary N) is 1. The van der Waals surface area contributed by atoms with E-state index >= 15 is 0 Å². The van der Waals surface area contributed by atoms with Crippen LogP contribution < -0.4 is 20.5 Å². The summed E-state index contributed by atoms with van der Waals surface area (Å²) in [6, 6.07) is 5.28. The second kappa shape index (κ2) is 7.63. The van der Waals surface area contributed by atoms with Gasteiger partial charge in [0.25, 0.3) is 0 Å². The van der Waals surface area contributed by atoms with Gasteiger partial charge in [-0.05, 0) is 31.0 Å². The summed E-state index contributed by atoms with van der Waals surface area (Å²) in [5.41, 5.74) is 6.17. The third-order valence-electron chi connectivity index (χ3n) is 2.95. The largest absolute Gasteiger partial charge is 0.497 e. The third-order valence-corrected chi connectivity index (χ3v) is 2.95. The van der Waals surface area contributed by atoms with Crippen LogP contribution in [0.4, 0.5) is 5.69 Å². The highest BCUT2D eigenvalue weighted by Crippen LogP contribution is 2.29. The second-order valence-corrected chi connectivity index (χ2v) is 4.49. The van der Waals surface area contributed by atoms with E-state index in [0.29, 0.717) is 36.1 Å². The van der Waals surface area contributed by atoms with Crippen molar-refractivity contribution < 1.29 is 14.3 Å². The average Bonchev–Trinajstić information content (AvgIpc) is 2.45. The van der Waals surface area contributed by atoms with E-state index in [9.17, 15) is 4.79 Å². The van der Waals surface area contributed by atoms with Crippen molar-refractivity contribution in [3.8, 4) is 11.5 Å². The second-order valence-electron chi connectivity index (χ2n) is 4.49. The van der Waals surface area contributed by atoms with Crippen LogP contribution >= 0.6 is 0 Å². The van der Waals surface area contributed by atoms with E-state index in [1.807, 2.05) is 6.92 Å². The van der Waals surface area contributed by atoms with Crippen molar-refractivity contribution in [2.75, 3.05) is 26.1 Å². The van der Waals surface area contributed by atoms with E-state index < -0.39 is 0 Å². The molecule has 0 saturated carbocycles. The van der Waals surface area contributed by atoms with Gasteiger partial charge in [-0.3, -0.25) is 4.79 Å². The van der Waals surface area contributed by atoms with Gasteiger partial charge in [0, 0.05) is 12.5 Å². The van der Waals surface area contributed by atoms with Crippen molar-refractivity contribution in [2.45, 2.75) is 19.8 Å². The van der Waals surface area contributed by atoms with Gasteiger partial charge in [0.15, 0.2) is 0 Å². The Morgan fingerprint density at radius 1 is 1.37 bits per heavy atom. The lowest BCUT2D eigenvalue weighted by Gasteiger charge is -2.12. The number of amides is 1. The van der Waals surface area contributed by atoms with Gasteiger partial charge in [-0.25, -0.2) is 0 Å². The van der Waals surface area contributed by atoms with Crippen molar-refractivity contribution in [1.29, 1.82) is 0 Å². The molecule has 0 heterocycles. The number of carbonyl (C=O) groups excluding carboxylic acids is 1. The molecule has 1 unspecified atom stereocenters. The smallest absolute Gasteiger partial charge is 0.224 e. The summed E-state index contributed by atoms with van der Waals surface area (Å²) in [7, 11) is 3.14. The first-order chi connectivity index (χ1) is 9.10. The predicted molar refractivity (Wildman–Crippen MR) is 75.6 cm³/mol. The molecule has 0 bridgehead atoms. The van der Waals surface area contributed by atoms with Crippen molar-refractivity contribution >= 4 is 11.6 Å². The van der Waals surface area contributed by atoms with Crippen molar-refractivity contribution in [3.63, 3.8) is 0 Å². The highest BCUT2D eigenvalue weighted by atomic mass is 16.5. The molecule has 0 aliphatic rings. The molecular weight excluding hydrogens is 244 g/mol. The Labute approximate surface area is 114 Å². The number of nitrogens with two attached hydrogens (primary N) is 1. The number of anilines is 1. The fraction of sp³-hybridized carbons (Fsp3) is 0.500. The minimum absolute atomic E-state index is 0.0382. The van der Waals surface area contributed by atoms with Crippen LogP contribution in [-0.2, 0) is 4.79 Å². The minimum atomic E-state index is -0.0382. The molecule has 0 aliphatic carbocycles. The van der Waals surface area contributed by atoms with Crippen LogP contribution in [0.5, 0.6) is 11.5 Å². The maximum Gasteiger partial charge on any atom is 0.224 e. The molecule has 0 aliphatic heterocycles. The van der Waals surface area contributed by atoms with Crippen LogP contribution in [0, 0.1) is 5.92 Å². The molecule has 1 atom stereocenters. The van der Waals surface area contributed by atoms with Gasteiger partial charge in [-0.1, -0.05) is 6.92 Å². The number of hydrogen-bond acceptors (Lipinski definition) is 4. The molecule has 106 valence electrons. The minimum Gasteiger partial charge on any atom is -0.497 e. The number of rotatable bonds is 7. The topological polar surface area (TPSA) is 73.6 Å². The summed E-state index contributed by atoms with van der Waals surface area (Å²) in [5, 5.41) is 2.83. The third kappa shape index (κ3) is 4.79. The Bertz CT molecular complexity index is 421. The lowest BCUT2D eigenvalue weighted by atomic mass is 10.1. The number of hydrogen-bond donors (Lipinski definition) is 2. The summed E-state index contributed by atoms with van der Waals surface area (Å²) < 4.78 is 10.3. The zero-order valence-corrected chi connectivity index (χ0v) is 11.7. The predicted octanol–water partition coefficient (Wildman–Crippen LogP) is 2.02. The molecule has 1 amide bonds. The maximum atomic E-state index is 11.8. The van der Waals surface area contributed by atoms with Crippen molar-refractivity contribution in [1.82, 2.24) is 0 Å². The summed E-state index contributed by atoms with van der Waals surface area (Å²) in [5.74, 6) is 1.58. The first-order valence-corrected chi connectivity index (χ1v) is 6.32. The van der Waals surface area contributed by atoms with Gasteiger partial charge < -0.3 is 20.5 Å². The monoisotopic (exact) mass is 266 g/mol. The Hall–Kier alpha value is -1.75. The number of carbonyl (C=O) groups is 1. The van der Waals surface area contributed by atoms with Gasteiger partial charge in [-0.2, -0.15) is 0 Å². The van der Waals surface area contributed by atoms with Gasteiger partial charge in [-0.15, -0.1) is 0 Å². The SMILES string of the molecule is COc1ccc(NC(=O)CCC(C)CN)c(OC)c1. The molecule has 0 aromatic heterocycles. The summed E-state index contributed by atoms with van der Waals surface area (Å²) in [6.45, 7) is 2.63. The molecule has 1 rings (SSSR count). The molecule has 19 heavy (non-hydrogen) atoms. The Morgan fingerprint density at radius 2 is 2.11 bits per heavy atom. The Balaban J connectivity index is 2.63. The van der Waals surface area contributed by atoms with Gasteiger partial charge in [0.05, 0.1) is 19.9 Å². The van der Waals surface area contributed by atoms with Crippen LogP contribution in [0.3, 0.4) is 0 Å². The number of benzene rings is 1. The lowest BCUT2D eigenvalue weighted by Crippen LogP contribution is -2.16. The van der Waals surface area contributed by atoms with Gasteiger partial charge in [0.1, 0.15) is 11.5 Å². The van der Waals surface area contributed by atoms with Crippen LogP contribution in [0.25, 0.3) is 0 Å². The number of methoxy groups -OCH3 is 2. The average molecular weight is 266 g/mol. The fourth-order valence-corrected chi connectivity index (χ4v) is 1.61. The molecule has 0 radical (unpaired) electrons. The summed E-state index contributed by atoms with van der Waals surface area (Å²) in [6.07, 6.45) is 1.23. The molecule has 0 saturated heterocycles. The lowest BCUT2D eigenvalue weighted by molar-refractivity contribution is -0.116. The van der Waals surface area contributed by atoms with Crippen LogP contribution in [0.1, 0.15) is 19.8 Å². The number of ether oxygens (including phenoxy) is 2. The molecule has 5 nitrogen and oxygen atoms in total. The summed E-state index contributed by atoms with van der Waals surface area (Å²) >= 11 is 0. The molecule has 3 N–H and O–H groups in total. The van der Waals surface area contributed by atoms with Crippen LogP contribution in [0.2, 0.25) is 0 Å². The highest BCUT2D eigenvalue weighted by Gasteiger charge is 2.10. The molecule has 1 aromatic carbocycles. The Morgan fingerprint density at radius 3 is 2.68 bits per heavy atom. The van der Waals surface area contributed by atoms with Crippen LogP contribution in [0.15, 0.2) is 18.2 Å². The molecule has 1 aromatic rings. The zero-order valence-electron chi connectivity index (χ0n) is 11.7. The van der Waals surface area contributed by atoms with Crippen LogP contribution in [-0.4, -0.2) is 26.7 Å². The molecular formula is C14H22N2O3. The molecule has 0 spiro atoms. The van der Waals surface area contributed by atoms with Gasteiger partial charge in [0.2, 0.25) is 5.91 Å². The van der Waals surface area contributed by atoms with E-state index in [1.54, 1.807) is 32.4 Å². The van der Waals surface area contributed by atoms with Crippen molar-refractivity contribution in [3.05, 3.63) is 18.2 Å².